The fourth-order valence-electron chi connectivity index (χ4n) is 6.46. The second-order valence-corrected chi connectivity index (χ2v) is 12.4. The largest absolute Gasteiger partial charge is 0.496 e. The van der Waals surface area contributed by atoms with Gasteiger partial charge in [-0.05, 0) is 63.0 Å². The highest BCUT2D eigenvalue weighted by Crippen LogP contribution is 2.32. The zero-order valence-corrected chi connectivity index (χ0v) is 26.5. The van der Waals surface area contributed by atoms with Gasteiger partial charge in [-0.2, -0.15) is 0 Å². The number of carbonyl (C=O) groups is 4. The summed E-state index contributed by atoms with van der Waals surface area (Å²) in [6.45, 7) is 8.54. The quantitative estimate of drug-likeness (QED) is 0.472. The van der Waals surface area contributed by atoms with Gasteiger partial charge in [0.2, 0.25) is 23.6 Å². The molecule has 11 nitrogen and oxygen atoms in total. The molecule has 0 radical (unpaired) electrons. The van der Waals surface area contributed by atoms with Gasteiger partial charge in [-0.25, -0.2) is 0 Å². The number of nitrogens with one attached hydrogen (secondary N) is 2. The van der Waals surface area contributed by atoms with Crippen molar-refractivity contribution in [1.29, 1.82) is 0 Å². The lowest BCUT2D eigenvalue weighted by molar-refractivity contribution is -0.150. The third-order valence-corrected chi connectivity index (χ3v) is 8.93. The second kappa shape index (κ2) is 13.8. The Bertz CT molecular complexity index is 1230. The Morgan fingerprint density at radius 1 is 1.16 bits per heavy atom. The van der Waals surface area contributed by atoms with Crippen LogP contribution in [0.15, 0.2) is 24.4 Å². The Labute approximate surface area is 254 Å². The van der Waals surface area contributed by atoms with Crippen LogP contribution in [0.4, 0.5) is 0 Å². The van der Waals surface area contributed by atoms with Crippen molar-refractivity contribution in [3.63, 3.8) is 0 Å². The summed E-state index contributed by atoms with van der Waals surface area (Å²) in [4.78, 5) is 60.3. The molecule has 2 fully saturated rings. The lowest BCUT2D eigenvalue weighted by atomic mass is 9.95. The van der Waals surface area contributed by atoms with Crippen molar-refractivity contribution in [2.24, 2.45) is 11.8 Å². The Hall–Kier alpha value is -3.60. The monoisotopic (exact) mass is 597 g/mol. The van der Waals surface area contributed by atoms with Crippen molar-refractivity contribution >= 4 is 29.7 Å². The number of carbonyl (C=O) groups excluding carboxylic acids is 4. The third kappa shape index (κ3) is 6.82. The highest BCUT2D eigenvalue weighted by Gasteiger charge is 2.49. The molecule has 1 aromatic rings. The molecule has 11 heteroatoms. The topological polar surface area (TPSA) is 121 Å². The van der Waals surface area contributed by atoms with Crippen LogP contribution < -0.4 is 20.1 Å². The Morgan fingerprint density at radius 3 is 2.56 bits per heavy atom. The highest BCUT2D eigenvalue weighted by atomic mass is 16.5. The van der Waals surface area contributed by atoms with Crippen LogP contribution in [-0.4, -0.2) is 103 Å². The van der Waals surface area contributed by atoms with E-state index in [2.05, 4.69) is 10.6 Å². The van der Waals surface area contributed by atoms with Crippen molar-refractivity contribution < 1.29 is 28.7 Å². The molecular weight excluding hydrogens is 550 g/mol. The van der Waals surface area contributed by atoms with E-state index in [-0.39, 0.29) is 42.0 Å². The summed E-state index contributed by atoms with van der Waals surface area (Å²) in [7, 11) is 5.29. The van der Waals surface area contributed by atoms with Gasteiger partial charge in [-0.15, -0.1) is 0 Å². The number of nitrogens with zero attached hydrogens (tertiary/aromatic N) is 3. The first-order valence-electron chi connectivity index (χ1n) is 15.4. The van der Waals surface area contributed by atoms with E-state index >= 15 is 0 Å². The number of rotatable bonds is 8. The smallest absolute Gasteiger partial charge is 0.249 e. The zero-order valence-electron chi connectivity index (χ0n) is 26.5. The van der Waals surface area contributed by atoms with Gasteiger partial charge in [0.15, 0.2) is 0 Å². The molecule has 0 saturated carbocycles. The van der Waals surface area contributed by atoms with Gasteiger partial charge in [0, 0.05) is 31.3 Å². The Kier molecular flexibility index (Phi) is 10.4. The van der Waals surface area contributed by atoms with E-state index in [4.69, 9.17) is 9.47 Å². The highest BCUT2D eigenvalue weighted by molar-refractivity contribution is 5.96. The molecule has 2 N–H and O–H groups in total. The predicted octanol–water partition coefficient (Wildman–Crippen LogP) is 2.25. The summed E-state index contributed by atoms with van der Waals surface area (Å²) in [6, 6.07) is 2.50. The normalized spacial score (nSPS) is 24.2. The summed E-state index contributed by atoms with van der Waals surface area (Å²) < 4.78 is 11.9. The second-order valence-electron chi connectivity index (χ2n) is 12.4. The molecule has 4 rings (SSSR count). The summed E-state index contributed by atoms with van der Waals surface area (Å²) >= 11 is 0. The molecule has 0 unspecified atom stereocenters. The van der Waals surface area contributed by atoms with Crippen LogP contribution in [0.5, 0.6) is 11.5 Å². The maximum absolute atomic E-state index is 14.3. The molecule has 0 spiro atoms. The lowest BCUT2D eigenvalue weighted by Gasteiger charge is -2.36. The summed E-state index contributed by atoms with van der Waals surface area (Å²) in [5, 5.41) is 5.84. The molecule has 1 aromatic carbocycles. The SMILES string of the molecule is CC[C@H](C)[C@@H](C(=O)N[C@@H](C(=O)N1CC[C@H]2Oc3ccc(OC)c(c3)C=CNC(=O)[C@H]3CCCN3C(=O)[C@@H]21)C(C)C)N(C)C. The van der Waals surface area contributed by atoms with Crippen molar-refractivity contribution in [2.75, 3.05) is 34.3 Å². The van der Waals surface area contributed by atoms with Crippen LogP contribution in [0.25, 0.3) is 6.08 Å². The number of hydrogen-bond acceptors (Lipinski definition) is 7. The number of likely N-dealkylation sites (tertiary alicyclic amines) is 1. The summed E-state index contributed by atoms with van der Waals surface area (Å²) in [5.41, 5.74) is 0.705. The van der Waals surface area contributed by atoms with Gasteiger partial charge in [0.25, 0.3) is 0 Å². The first-order chi connectivity index (χ1) is 20.5. The minimum absolute atomic E-state index is 0.0848. The molecule has 3 aliphatic heterocycles. The van der Waals surface area contributed by atoms with Crippen molar-refractivity contribution in [3.05, 3.63) is 30.0 Å². The molecule has 3 aliphatic rings. The zero-order chi connectivity index (χ0) is 31.4. The Morgan fingerprint density at radius 2 is 1.91 bits per heavy atom. The molecule has 0 aromatic heterocycles. The molecule has 4 amide bonds. The number of benzene rings is 1. The minimum atomic E-state index is -0.947. The maximum atomic E-state index is 14.3. The molecule has 3 heterocycles. The molecule has 6 atom stereocenters. The van der Waals surface area contributed by atoms with Crippen LogP contribution in [0.1, 0.15) is 58.9 Å². The van der Waals surface area contributed by atoms with Crippen LogP contribution in [0.3, 0.4) is 0 Å². The maximum Gasteiger partial charge on any atom is 0.249 e. The van der Waals surface area contributed by atoms with Gasteiger partial charge in [-0.3, -0.25) is 24.1 Å². The molecule has 0 aliphatic carbocycles. The fourth-order valence-corrected chi connectivity index (χ4v) is 6.46. The first-order valence-corrected chi connectivity index (χ1v) is 15.4. The van der Waals surface area contributed by atoms with Crippen molar-refractivity contribution in [2.45, 2.75) is 83.6 Å². The van der Waals surface area contributed by atoms with Gasteiger partial charge in [0.05, 0.1) is 13.2 Å². The number of hydrogen-bond donors (Lipinski definition) is 2. The van der Waals surface area contributed by atoms with E-state index in [0.29, 0.717) is 42.9 Å². The number of fused-ring (bicyclic) bond motifs is 4. The average Bonchev–Trinajstić information content (AvgIpc) is 3.62. The van der Waals surface area contributed by atoms with Gasteiger partial charge in [-0.1, -0.05) is 34.1 Å². The van der Waals surface area contributed by atoms with Crippen LogP contribution in [-0.2, 0) is 19.2 Å². The predicted molar refractivity (Wildman–Crippen MR) is 163 cm³/mol. The minimum Gasteiger partial charge on any atom is -0.496 e. The third-order valence-electron chi connectivity index (χ3n) is 8.93. The van der Waals surface area contributed by atoms with E-state index in [1.807, 2.05) is 46.7 Å². The van der Waals surface area contributed by atoms with Gasteiger partial charge in [0.1, 0.15) is 35.7 Å². The molecular formula is C32H47N5O6. The first kappa shape index (κ1) is 32.3. The number of methoxy groups -OCH3 is 1. The van der Waals surface area contributed by atoms with Crippen molar-refractivity contribution in [3.8, 4) is 11.5 Å². The molecule has 2 saturated heterocycles. The van der Waals surface area contributed by atoms with E-state index < -0.39 is 30.3 Å². The van der Waals surface area contributed by atoms with Crippen LogP contribution in [0.2, 0.25) is 0 Å². The number of ether oxygens (including phenoxy) is 2. The Balaban J connectivity index is 1.69. The molecule has 2 bridgehead atoms. The average molecular weight is 598 g/mol. The fraction of sp³-hybridized carbons (Fsp3) is 0.625. The lowest BCUT2D eigenvalue weighted by Crippen LogP contribution is -2.61. The number of likely N-dealkylation sites (N-methyl/N-ethyl adjacent to an activating group) is 1. The van der Waals surface area contributed by atoms with Crippen molar-refractivity contribution in [1.82, 2.24) is 25.3 Å². The van der Waals surface area contributed by atoms with E-state index in [1.165, 1.54) is 0 Å². The molecule has 43 heavy (non-hydrogen) atoms. The summed E-state index contributed by atoms with van der Waals surface area (Å²) in [6.07, 6.45) is 5.10. The van der Waals surface area contributed by atoms with E-state index in [1.54, 1.807) is 47.4 Å². The van der Waals surface area contributed by atoms with Gasteiger partial charge < -0.3 is 29.9 Å². The van der Waals surface area contributed by atoms with E-state index in [9.17, 15) is 19.2 Å². The summed E-state index contributed by atoms with van der Waals surface area (Å²) in [5.74, 6) is -0.137. The van der Waals surface area contributed by atoms with Gasteiger partial charge >= 0.3 is 0 Å². The molecule has 236 valence electrons. The van der Waals surface area contributed by atoms with Crippen LogP contribution in [0, 0.1) is 11.8 Å². The van der Waals surface area contributed by atoms with Crippen LogP contribution >= 0.6 is 0 Å². The number of amides is 4. The standard InChI is InChI=1S/C32H47N5O6/c1-8-20(4)27(35(5)6)30(39)34-26(19(2)3)31(40)37-17-14-25-28(37)32(41)36-16-9-10-23(36)29(38)33-15-13-21-18-22(43-25)11-12-24(21)42-7/h11-13,15,18-20,23,25-28H,8-10,14,16-17H2,1-7H3,(H,33,38)(H,34,39)/t20-,23+,25+,26+,27-,28+/m0/s1. The van der Waals surface area contributed by atoms with E-state index in [0.717, 1.165) is 6.42 Å².